The maximum Gasteiger partial charge on any atom is 0.241 e. The molecule has 0 amide bonds. The third-order valence-corrected chi connectivity index (χ3v) is 5.79. The predicted octanol–water partition coefficient (Wildman–Crippen LogP) is 1.80. The fourth-order valence-corrected chi connectivity index (χ4v) is 4.50. The van der Waals surface area contributed by atoms with Crippen molar-refractivity contribution in [3.05, 3.63) is 41.5 Å². The van der Waals surface area contributed by atoms with E-state index < -0.39 is 10.0 Å². The van der Waals surface area contributed by atoms with E-state index >= 15 is 0 Å². The van der Waals surface area contributed by atoms with Crippen LogP contribution < -0.4 is 9.46 Å². The van der Waals surface area contributed by atoms with Crippen molar-refractivity contribution < 1.29 is 13.2 Å². The van der Waals surface area contributed by atoms with Gasteiger partial charge in [0.15, 0.2) is 0 Å². The minimum Gasteiger partial charge on any atom is -0.497 e. The predicted molar refractivity (Wildman–Crippen MR) is 87.1 cm³/mol. The van der Waals surface area contributed by atoms with Gasteiger partial charge in [0.25, 0.3) is 0 Å². The Morgan fingerprint density at radius 1 is 1.35 bits per heavy atom. The molecule has 0 aliphatic carbocycles. The fourth-order valence-electron chi connectivity index (χ4n) is 3.02. The largest absolute Gasteiger partial charge is 0.497 e. The number of methoxy groups -OCH3 is 1. The van der Waals surface area contributed by atoms with Crippen molar-refractivity contribution in [2.45, 2.75) is 44.2 Å². The number of sulfonamides is 1. The molecule has 6 nitrogen and oxygen atoms in total. The summed E-state index contributed by atoms with van der Waals surface area (Å²) in [5, 5.41) is 0. The van der Waals surface area contributed by atoms with Crippen LogP contribution in [0, 0.1) is 13.8 Å². The molecule has 7 heteroatoms. The van der Waals surface area contributed by atoms with E-state index in [-0.39, 0.29) is 6.04 Å². The number of benzene rings is 1. The van der Waals surface area contributed by atoms with Crippen molar-refractivity contribution >= 4 is 10.0 Å². The van der Waals surface area contributed by atoms with Gasteiger partial charge in [-0.1, -0.05) is 0 Å². The number of hydrogen-bond acceptors (Lipinski definition) is 4. The van der Waals surface area contributed by atoms with E-state index in [1.807, 2.05) is 17.7 Å². The number of aromatic nitrogens is 2. The molecule has 0 radical (unpaired) electrons. The van der Waals surface area contributed by atoms with Crippen LogP contribution in [0.2, 0.25) is 0 Å². The summed E-state index contributed by atoms with van der Waals surface area (Å²) in [6.07, 6.45) is 3.50. The number of ether oxygens (including phenoxy) is 1. The third-order valence-electron chi connectivity index (χ3n) is 4.11. The smallest absolute Gasteiger partial charge is 0.241 e. The standard InChI is InChI=1S/C16H21N3O3S/c1-11-8-14(22-3)5-6-15(11)23(20,21)18-13-4-7-16-17-12(2)9-19(16)10-13/h5-6,8-9,13,18H,4,7,10H2,1-3H3/t13-/m1/s1. The summed E-state index contributed by atoms with van der Waals surface area (Å²) in [5.41, 5.74) is 1.64. The lowest BCUT2D eigenvalue weighted by atomic mass is 10.1. The fraction of sp³-hybridized carbons (Fsp3) is 0.438. The molecular weight excluding hydrogens is 314 g/mol. The van der Waals surface area contributed by atoms with Crippen LogP contribution in [0.5, 0.6) is 5.75 Å². The summed E-state index contributed by atoms with van der Waals surface area (Å²) in [6, 6.07) is 4.86. The summed E-state index contributed by atoms with van der Waals surface area (Å²) in [6.45, 7) is 4.34. The first-order chi connectivity index (χ1) is 10.9. The lowest BCUT2D eigenvalue weighted by Gasteiger charge is -2.25. The van der Waals surface area contributed by atoms with Crippen molar-refractivity contribution in [2.24, 2.45) is 0 Å². The summed E-state index contributed by atoms with van der Waals surface area (Å²) >= 11 is 0. The van der Waals surface area contributed by atoms with Gasteiger partial charge in [-0.2, -0.15) is 0 Å². The molecule has 0 spiro atoms. The Hall–Kier alpha value is -1.86. The van der Waals surface area contributed by atoms with Gasteiger partial charge in [0.05, 0.1) is 17.7 Å². The molecule has 0 bridgehead atoms. The SMILES string of the molecule is COc1ccc(S(=O)(=O)N[C@@H]2CCc3nc(C)cn3C2)c(C)c1. The molecule has 0 saturated carbocycles. The first-order valence-corrected chi connectivity index (χ1v) is 9.07. The van der Waals surface area contributed by atoms with Crippen LogP contribution in [0.15, 0.2) is 29.3 Å². The van der Waals surface area contributed by atoms with Gasteiger partial charge in [-0.3, -0.25) is 0 Å². The molecule has 3 rings (SSSR count). The molecule has 1 aromatic carbocycles. The average molecular weight is 335 g/mol. The zero-order chi connectivity index (χ0) is 16.6. The molecule has 0 saturated heterocycles. The summed E-state index contributed by atoms with van der Waals surface area (Å²) < 4.78 is 35.3. The van der Waals surface area contributed by atoms with Crippen LogP contribution in [0.4, 0.5) is 0 Å². The number of aryl methyl sites for hydroxylation is 3. The van der Waals surface area contributed by atoms with Crippen LogP contribution in [0.3, 0.4) is 0 Å². The molecular formula is C16H21N3O3S. The molecule has 23 heavy (non-hydrogen) atoms. The second kappa shape index (κ2) is 5.98. The van der Waals surface area contributed by atoms with E-state index in [0.717, 1.165) is 24.4 Å². The maximum atomic E-state index is 12.7. The van der Waals surface area contributed by atoms with Gasteiger partial charge in [-0.25, -0.2) is 18.1 Å². The summed E-state index contributed by atoms with van der Waals surface area (Å²) in [5.74, 6) is 1.68. The Labute approximate surface area is 136 Å². The molecule has 124 valence electrons. The number of hydrogen-bond donors (Lipinski definition) is 1. The average Bonchev–Trinajstić information content (AvgIpc) is 2.85. The Morgan fingerprint density at radius 2 is 2.13 bits per heavy atom. The maximum absolute atomic E-state index is 12.7. The number of fused-ring (bicyclic) bond motifs is 1. The highest BCUT2D eigenvalue weighted by atomic mass is 32.2. The highest BCUT2D eigenvalue weighted by Gasteiger charge is 2.26. The van der Waals surface area contributed by atoms with Gasteiger partial charge in [0.1, 0.15) is 11.6 Å². The van der Waals surface area contributed by atoms with Crippen molar-refractivity contribution in [3.63, 3.8) is 0 Å². The molecule has 0 fully saturated rings. The highest BCUT2D eigenvalue weighted by molar-refractivity contribution is 7.89. The normalized spacial score (nSPS) is 17.8. The molecule has 1 N–H and O–H groups in total. The topological polar surface area (TPSA) is 73.2 Å². The molecule has 1 aromatic heterocycles. The van der Waals surface area contributed by atoms with E-state index in [1.54, 1.807) is 32.2 Å². The Bertz CT molecular complexity index is 827. The minimum absolute atomic E-state index is 0.123. The Kier molecular flexibility index (Phi) is 4.16. The van der Waals surface area contributed by atoms with Crippen LogP contribution in [-0.4, -0.2) is 31.1 Å². The number of nitrogens with zero attached hydrogens (tertiary/aromatic N) is 2. The van der Waals surface area contributed by atoms with Gasteiger partial charge < -0.3 is 9.30 Å². The number of imidazole rings is 1. The minimum atomic E-state index is -3.55. The molecule has 1 atom stereocenters. The van der Waals surface area contributed by atoms with Crippen molar-refractivity contribution in [3.8, 4) is 5.75 Å². The van der Waals surface area contributed by atoms with Crippen LogP contribution >= 0.6 is 0 Å². The first-order valence-electron chi connectivity index (χ1n) is 7.58. The van der Waals surface area contributed by atoms with Gasteiger partial charge in [0, 0.05) is 25.2 Å². The van der Waals surface area contributed by atoms with Crippen molar-refractivity contribution in [1.82, 2.24) is 14.3 Å². The van der Waals surface area contributed by atoms with E-state index in [0.29, 0.717) is 22.8 Å². The zero-order valence-corrected chi connectivity index (χ0v) is 14.4. The zero-order valence-electron chi connectivity index (χ0n) is 13.5. The van der Waals surface area contributed by atoms with Crippen LogP contribution in [0.1, 0.15) is 23.5 Å². The van der Waals surface area contributed by atoms with Crippen LogP contribution in [0.25, 0.3) is 0 Å². The van der Waals surface area contributed by atoms with Crippen molar-refractivity contribution in [2.75, 3.05) is 7.11 Å². The lowest BCUT2D eigenvalue weighted by Crippen LogP contribution is -2.41. The summed E-state index contributed by atoms with van der Waals surface area (Å²) in [7, 11) is -1.99. The van der Waals surface area contributed by atoms with E-state index in [2.05, 4.69) is 9.71 Å². The molecule has 0 unspecified atom stereocenters. The van der Waals surface area contributed by atoms with Gasteiger partial charge >= 0.3 is 0 Å². The van der Waals surface area contributed by atoms with Gasteiger partial charge in [-0.15, -0.1) is 0 Å². The Balaban J connectivity index is 1.79. The quantitative estimate of drug-likeness (QED) is 0.925. The molecule has 1 aliphatic rings. The Morgan fingerprint density at radius 3 is 2.83 bits per heavy atom. The second-order valence-electron chi connectivity index (χ2n) is 5.94. The van der Waals surface area contributed by atoms with Crippen molar-refractivity contribution in [1.29, 1.82) is 0 Å². The molecule has 1 aliphatic heterocycles. The van der Waals surface area contributed by atoms with E-state index in [4.69, 9.17) is 4.74 Å². The lowest BCUT2D eigenvalue weighted by molar-refractivity contribution is 0.413. The first kappa shape index (κ1) is 16.0. The van der Waals surface area contributed by atoms with Gasteiger partial charge in [0.2, 0.25) is 10.0 Å². The van der Waals surface area contributed by atoms with E-state index in [9.17, 15) is 8.42 Å². The number of nitrogens with one attached hydrogen (secondary N) is 1. The van der Waals surface area contributed by atoms with E-state index in [1.165, 1.54) is 0 Å². The van der Waals surface area contributed by atoms with Gasteiger partial charge in [-0.05, 0) is 44.0 Å². The molecule has 2 heterocycles. The third kappa shape index (κ3) is 3.25. The molecule has 2 aromatic rings. The summed E-state index contributed by atoms with van der Waals surface area (Å²) in [4.78, 5) is 4.74. The second-order valence-corrected chi connectivity index (χ2v) is 7.62. The number of rotatable bonds is 4. The highest BCUT2D eigenvalue weighted by Crippen LogP contribution is 2.22. The van der Waals surface area contributed by atoms with Crippen LogP contribution in [-0.2, 0) is 23.0 Å². The monoisotopic (exact) mass is 335 g/mol.